The van der Waals surface area contributed by atoms with E-state index in [1.807, 2.05) is 6.07 Å². The summed E-state index contributed by atoms with van der Waals surface area (Å²) in [4.78, 5) is 37.2. The van der Waals surface area contributed by atoms with Gasteiger partial charge in [-0.3, -0.25) is 9.59 Å². The Bertz CT molecular complexity index is 620. The van der Waals surface area contributed by atoms with E-state index >= 15 is 0 Å². The van der Waals surface area contributed by atoms with Crippen LogP contribution in [0.5, 0.6) is 0 Å². The number of alkyl carbamates (subject to hydrolysis) is 1. The van der Waals surface area contributed by atoms with Crippen molar-refractivity contribution in [3.8, 4) is 0 Å². The fraction of sp³-hybridized carbons (Fsp3) is 0.526. The van der Waals surface area contributed by atoms with E-state index in [0.717, 1.165) is 0 Å². The molecule has 6 nitrogen and oxygen atoms in total. The molecule has 0 fully saturated rings. The summed E-state index contributed by atoms with van der Waals surface area (Å²) in [6.45, 7) is 9.79. The molecule has 0 aliphatic carbocycles. The van der Waals surface area contributed by atoms with E-state index in [-0.39, 0.29) is 6.61 Å². The first-order chi connectivity index (χ1) is 11.5. The minimum atomic E-state index is -1.58. The van der Waals surface area contributed by atoms with Gasteiger partial charge in [0.1, 0.15) is 16.8 Å². The fourth-order valence-corrected chi connectivity index (χ4v) is 2.38. The summed E-state index contributed by atoms with van der Waals surface area (Å²) in [6.07, 6.45) is -0.710. The molecule has 0 radical (unpaired) electrons. The summed E-state index contributed by atoms with van der Waals surface area (Å²) in [7, 11) is 0. The molecule has 1 aromatic carbocycles. The second-order valence-electron chi connectivity index (χ2n) is 6.97. The average Bonchev–Trinajstić information content (AvgIpc) is 2.51. The van der Waals surface area contributed by atoms with Crippen LogP contribution in [0.15, 0.2) is 30.3 Å². The molecule has 1 aromatic rings. The van der Waals surface area contributed by atoms with Gasteiger partial charge in [0.2, 0.25) is 0 Å². The molecule has 1 N–H and O–H groups in total. The predicted octanol–water partition coefficient (Wildman–Crippen LogP) is 3.41. The van der Waals surface area contributed by atoms with Gasteiger partial charge in [-0.05, 0) is 47.1 Å². The third-order valence-corrected chi connectivity index (χ3v) is 3.80. The number of hydrogen-bond acceptors (Lipinski definition) is 5. The molecule has 0 aliphatic heterocycles. The lowest BCUT2D eigenvalue weighted by Crippen LogP contribution is -2.50. The van der Waals surface area contributed by atoms with Crippen molar-refractivity contribution in [2.75, 3.05) is 6.61 Å². The standard InChI is InChI=1S/C19H27NO5/c1-7-24-16(22)19(6,13(2)21)15(14-11-9-8-10-12-14)20-17(23)25-18(3,4)5/h8-12,15H,7H2,1-6H3,(H,20,23)/t15-,19-/m1/s1. The maximum atomic E-state index is 12.6. The monoisotopic (exact) mass is 349 g/mol. The van der Waals surface area contributed by atoms with Crippen molar-refractivity contribution < 1.29 is 23.9 Å². The molecule has 0 unspecified atom stereocenters. The second kappa shape index (κ2) is 8.14. The highest BCUT2D eigenvalue weighted by Crippen LogP contribution is 2.36. The number of hydrogen-bond donors (Lipinski definition) is 1. The normalized spacial score (nSPS) is 14.8. The Balaban J connectivity index is 3.31. The van der Waals surface area contributed by atoms with Gasteiger partial charge in [-0.15, -0.1) is 0 Å². The van der Waals surface area contributed by atoms with Gasteiger partial charge in [0.25, 0.3) is 0 Å². The highest BCUT2D eigenvalue weighted by atomic mass is 16.6. The van der Waals surface area contributed by atoms with Gasteiger partial charge in [-0.2, -0.15) is 0 Å². The molecule has 0 bridgehead atoms. The van der Waals surface area contributed by atoms with Gasteiger partial charge < -0.3 is 14.8 Å². The van der Waals surface area contributed by atoms with Crippen molar-refractivity contribution in [3.63, 3.8) is 0 Å². The first-order valence-electron chi connectivity index (χ1n) is 8.25. The number of ether oxygens (including phenoxy) is 2. The van der Waals surface area contributed by atoms with Crippen LogP contribution in [0, 0.1) is 5.41 Å². The number of Topliss-reactive ketones (excluding diaryl/α,β-unsaturated/α-hetero) is 1. The number of rotatable bonds is 6. The molecule has 6 heteroatoms. The van der Waals surface area contributed by atoms with E-state index in [9.17, 15) is 14.4 Å². The number of benzene rings is 1. The SMILES string of the molecule is CCOC(=O)[C@](C)(C(C)=O)[C@H](NC(=O)OC(C)(C)C)c1ccccc1. The van der Waals surface area contributed by atoms with Crippen molar-refractivity contribution in [2.24, 2.45) is 5.41 Å². The zero-order chi connectivity index (χ0) is 19.3. The largest absolute Gasteiger partial charge is 0.465 e. The van der Waals surface area contributed by atoms with Gasteiger partial charge in [0, 0.05) is 0 Å². The van der Waals surface area contributed by atoms with E-state index in [0.29, 0.717) is 5.56 Å². The number of nitrogens with one attached hydrogen (secondary N) is 1. The van der Waals surface area contributed by atoms with Crippen LogP contribution in [0.3, 0.4) is 0 Å². The Hall–Kier alpha value is -2.37. The molecule has 1 rings (SSSR count). The summed E-state index contributed by atoms with van der Waals surface area (Å²) in [5, 5.41) is 2.67. The van der Waals surface area contributed by atoms with Crippen LogP contribution in [0.2, 0.25) is 0 Å². The van der Waals surface area contributed by atoms with Crippen LogP contribution in [-0.4, -0.2) is 30.1 Å². The lowest BCUT2D eigenvalue weighted by atomic mass is 9.75. The molecule has 0 heterocycles. The van der Waals surface area contributed by atoms with E-state index < -0.39 is 34.9 Å². The molecular formula is C19H27NO5. The third kappa shape index (κ3) is 5.31. The average molecular weight is 349 g/mol. The quantitative estimate of drug-likeness (QED) is 0.629. The Morgan fingerprint density at radius 1 is 1.08 bits per heavy atom. The van der Waals surface area contributed by atoms with Gasteiger partial charge in [0.15, 0.2) is 0 Å². The molecule has 138 valence electrons. The van der Waals surface area contributed by atoms with Crippen LogP contribution >= 0.6 is 0 Å². The Morgan fingerprint density at radius 2 is 1.64 bits per heavy atom. The fourth-order valence-electron chi connectivity index (χ4n) is 2.38. The van der Waals surface area contributed by atoms with E-state index in [4.69, 9.17) is 9.47 Å². The maximum Gasteiger partial charge on any atom is 0.408 e. The third-order valence-electron chi connectivity index (χ3n) is 3.80. The van der Waals surface area contributed by atoms with Crippen molar-refractivity contribution in [2.45, 2.75) is 53.2 Å². The second-order valence-corrected chi connectivity index (χ2v) is 6.97. The van der Waals surface area contributed by atoms with Crippen molar-refractivity contribution in [3.05, 3.63) is 35.9 Å². The first kappa shape index (κ1) is 20.7. The summed E-state index contributed by atoms with van der Waals surface area (Å²) in [5.74, 6) is -1.09. The van der Waals surface area contributed by atoms with Crippen LogP contribution in [0.25, 0.3) is 0 Å². The van der Waals surface area contributed by atoms with Crippen LogP contribution < -0.4 is 5.32 Å². The summed E-state index contributed by atoms with van der Waals surface area (Å²) < 4.78 is 10.4. The van der Waals surface area contributed by atoms with E-state index in [2.05, 4.69) is 5.32 Å². The Labute approximate surface area is 148 Å². The number of amides is 1. The van der Waals surface area contributed by atoms with Gasteiger partial charge in [-0.25, -0.2) is 4.79 Å². The maximum absolute atomic E-state index is 12.6. The molecule has 0 aliphatic rings. The van der Waals surface area contributed by atoms with Crippen molar-refractivity contribution in [1.29, 1.82) is 0 Å². The number of carbonyl (C=O) groups is 3. The molecule has 1 amide bonds. The van der Waals surface area contributed by atoms with E-state index in [1.165, 1.54) is 13.8 Å². The molecule has 0 saturated heterocycles. The first-order valence-corrected chi connectivity index (χ1v) is 8.25. The van der Waals surface area contributed by atoms with Crippen LogP contribution in [0.4, 0.5) is 4.79 Å². The number of carbonyl (C=O) groups excluding carboxylic acids is 3. The van der Waals surface area contributed by atoms with Gasteiger partial charge in [-0.1, -0.05) is 30.3 Å². The Kier molecular flexibility index (Phi) is 6.73. The van der Waals surface area contributed by atoms with Crippen LogP contribution in [-0.2, 0) is 19.1 Å². The molecule has 0 spiro atoms. The van der Waals surface area contributed by atoms with E-state index in [1.54, 1.807) is 52.0 Å². The molecule has 25 heavy (non-hydrogen) atoms. The zero-order valence-electron chi connectivity index (χ0n) is 15.7. The predicted molar refractivity (Wildman–Crippen MR) is 94.0 cm³/mol. The lowest BCUT2D eigenvalue weighted by molar-refractivity contribution is -0.160. The summed E-state index contributed by atoms with van der Waals surface area (Å²) in [5.41, 5.74) is -1.67. The van der Waals surface area contributed by atoms with Crippen LogP contribution in [0.1, 0.15) is 53.1 Å². The highest BCUT2D eigenvalue weighted by Gasteiger charge is 2.49. The van der Waals surface area contributed by atoms with Gasteiger partial charge in [0.05, 0.1) is 12.6 Å². The summed E-state index contributed by atoms with van der Waals surface area (Å²) >= 11 is 0. The topological polar surface area (TPSA) is 81.7 Å². The number of ketones is 1. The molecule has 0 aromatic heterocycles. The van der Waals surface area contributed by atoms with Crippen molar-refractivity contribution in [1.82, 2.24) is 5.32 Å². The minimum absolute atomic E-state index is 0.135. The summed E-state index contributed by atoms with van der Waals surface area (Å²) in [6, 6.07) is 7.91. The zero-order valence-corrected chi connectivity index (χ0v) is 15.7. The Morgan fingerprint density at radius 3 is 2.08 bits per heavy atom. The van der Waals surface area contributed by atoms with Gasteiger partial charge >= 0.3 is 12.1 Å². The van der Waals surface area contributed by atoms with Crippen molar-refractivity contribution >= 4 is 17.8 Å². The number of esters is 1. The molecule has 0 saturated carbocycles. The molecular weight excluding hydrogens is 322 g/mol. The minimum Gasteiger partial charge on any atom is -0.465 e. The lowest BCUT2D eigenvalue weighted by Gasteiger charge is -2.34. The molecule has 2 atom stereocenters. The highest BCUT2D eigenvalue weighted by molar-refractivity contribution is 6.03. The smallest absolute Gasteiger partial charge is 0.408 e.